The number of hydrogen-bond acceptors (Lipinski definition) is 3. The van der Waals surface area contributed by atoms with Gasteiger partial charge in [-0.2, -0.15) is 0 Å². The molecule has 0 bridgehead atoms. The van der Waals surface area contributed by atoms with Crippen LogP contribution in [0, 0.1) is 0 Å². The lowest BCUT2D eigenvalue weighted by Crippen LogP contribution is -2.04. The predicted molar refractivity (Wildman–Crippen MR) is 87.1 cm³/mol. The maximum atomic E-state index is 6.23. The van der Waals surface area contributed by atoms with Crippen molar-refractivity contribution in [2.45, 2.75) is 6.54 Å². The van der Waals surface area contributed by atoms with E-state index in [9.17, 15) is 0 Å². The Morgan fingerprint density at radius 3 is 2.76 bits per heavy atom. The van der Waals surface area contributed by atoms with Crippen LogP contribution in [0.5, 0.6) is 5.75 Å². The van der Waals surface area contributed by atoms with Crippen molar-refractivity contribution in [3.05, 3.63) is 65.2 Å². The fraction of sp³-hybridized carbons (Fsp3) is 0.118. The predicted octanol–water partition coefficient (Wildman–Crippen LogP) is 4.51. The number of nitrogens with zero attached hydrogens (tertiary/aromatic N) is 1. The Balaban J connectivity index is 1.83. The molecule has 4 heteroatoms. The first kappa shape index (κ1) is 13.7. The number of benzene rings is 2. The van der Waals surface area contributed by atoms with Crippen LogP contribution in [0.4, 0.5) is 5.82 Å². The summed E-state index contributed by atoms with van der Waals surface area (Å²) in [5.74, 6) is 1.59. The average Bonchev–Trinajstić information content (AvgIpc) is 2.53. The average molecular weight is 299 g/mol. The third-order valence-electron chi connectivity index (χ3n) is 3.34. The first-order valence-electron chi connectivity index (χ1n) is 6.69. The second-order valence-electron chi connectivity index (χ2n) is 4.66. The standard InChI is InChI=1S/C17H15ClN2O/c1-21-16-8-4-6-14(18)13(16)11-19-17-10-9-12-5-2-3-7-15(12)20-17/h2-10H,11H2,1H3,(H,19,20). The van der Waals surface area contributed by atoms with Gasteiger partial charge in [-0.3, -0.25) is 0 Å². The van der Waals surface area contributed by atoms with Gasteiger partial charge in [-0.25, -0.2) is 4.98 Å². The number of pyridine rings is 1. The van der Waals surface area contributed by atoms with Crippen LogP contribution in [0.3, 0.4) is 0 Å². The minimum absolute atomic E-state index is 0.564. The largest absolute Gasteiger partial charge is 0.496 e. The first-order chi connectivity index (χ1) is 10.3. The first-order valence-corrected chi connectivity index (χ1v) is 7.07. The zero-order chi connectivity index (χ0) is 14.7. The summed E-state index contributed by atoms with van der Waals surface area (Å²) in [6, 6.07) is 17.7. The lowest BCUT2D eigenvalue weighted by Gasteiger charge is -2.12. The number of aromatic nitrogens is 1. The number of para-hydroxylation sites is 1. The van der Waals surface area contributed by atoms with Gasteiger partial charge >= 0.3 is 0 Å². The van der Waals surface area contributed by atoms with Crippen LogP contribution in [-0.2, 0) is 6.54 Å². The molecule has 0 aliphatic heterocycles. The number of fused-ring (bicyclic) bond motifs is 1. The summed E-state index contributed by atoms with van der Waals surface area (Å²) in [5, 5.41) is 5.10. The van der Waals surface area contributed by atoms with E-state index in [1.165, 1.54) is 0 Å². The molecule has 1 N–H and O–H groups in total. The Hall–Kier alpha value is -2.26. The van der Waals surface area contributed by atoms with Crippen molar-refractivity contribution in [3.63, 3.8) is 0 Å². The molecule has 106 valence electrons. The molecule has 1 aromatic heterocycles. The highest BCUT2D eigenvalue weighted by molar-refractivity contribution is 6.31. The molecular weight excluding hydrogens is 284 g/mol. The zero-order valence-corrected chi connectivity index (χ0v) is 12.4. The molecule has 3 rings (SSSR count). The van der Waals surface area contributed by atoms with E-state index >= 15 is 0 Å². The number of nitrogens with one attached hydrogen (secondary N) is 1. The Bertz CT molecular complexity index is 774. The molecule has 21 heavy (non-hydrogen) atoms. The number of anilines is 1. The second-order valence-corrected chi connectivity index (χ2v) is 5.07. The number of hydrogen-bond donors (Lipinski definition) is 1. The minimum Gasteiger partial charge on any atom is -0.496 e. The summed E-state index contributed by atoms with van der Waals surface area (Å²) in [5.41, 5.74) is 1.89. The Morgan fingerprint density at radius 2 is 1.90 bits per heavy atom. The normalized spacial score (nSPS) is 10.6. The molecule has 0 saturated heterocycles. The highest BCUT2D eigenvalue weighted by atomic mass is 35.5. The number of rotatable bonds is 4. The van der Waals surface area contributed by atoms with E-state index in [2.05, 4.69) is 16.4 Å². The van der Waals surface area contributed by atoms with Gasteiger partial charge in [-0.15, -0.1) is 0 Å². The van der Waals surface area contributed by atoms with Crippen LogP contribution >= 0.6 is 11.6 Å². The van der Waals surface area contributed by atoms with Crippen LogP contribution in [0.25, 0.3) is 10.9 Å². The van der Waals surface area contributed by atoms with E-state index in [-0.39, 0.29) is 0 Å². The summed E-state index contributed by atoms with van der Waals surface area (Å²) in [7, 11) is 1.64. The number of ether oxygens (including phenoxy) is 1. The molecule has 0 aliphatic carbocycles. The highest BCUT2D eigenvalue weighted by Gasteiger charge is 2.07. The van der Waals surface area contributed by atoms with Crippen molar-refractivity contribution in [2.75, 3.05) is 12.4 Å². The lowest BCUT2D eigenvalue weighted by molar-refractivity contribution is 0.410. The van der Waals surface area contributed by atoms with E-state index in [0.29, 0.717) is 11.6 Å². The molecule has 0 fully saturated rings. The van der Waals surface area contributed by atoms with Crippen LogP contribution in [0.1, 0.15) is 5.56 Å². The van der Waals surface area contributed by atoms with Gasteiger partial charge in [0, 0.05) is 22.5 Å². The van der Waals surface area contributed by atoms with Gasteiger partial charge in [-0.05, 0) is 30.3 Å². The van der Waals surface area contributed by atoms with Gasteiger partial charge in [-0.1, -0.05) is 35.9 Å². The molecular formula is C17H15ClN2O. The monoisotopic (exact) mass is 298 g/mol. The molecule has 0 amide bonds. The molecule has 1 heterocycles. The van der Waals surface area contributed by atoms with Crippen LogP contribution in [-0.4, -0.2) is 12.1 Å². The van der Waals surface area contributed by atoms with Crippen LogP contribution in [0.15, 0.2) is 54.6 Å². The fourth-order valence-corrected chi connectivity index (χ4v) is 2.48. The highest BCUT2D eigenvalue weighted by Crippen LogP contribution is 2.27. The third-order valence-corrected chi connectivity index (χ3v) is 3.69. The number of halogens is 1. The molecule has 3 nitrogen and oxygen atoms in total. The van der Waals surface area contributed by atoms with Crippen LogP contribution < -0.4 is 10.1 Å². The van der Waals surface area contributed by atoms with Crippen molar-refractivity contribution in [2.24, 2.45) is 0 Å². The summed E-state index contributed by atoms with van der Waals surface area (Å²) in [6.45, 7) is 0.564. The molecule has 0 radical (unpaired) electrons. The van der Waals surface area contributed by atoms with Gasteiger partial charge in [0.2, 0.25) is 0 Å². The maximum Gasteiger partial charge on any atom is 0.126 e. The van der Waals surface area contributed by atoms with Gasteiger partial charge in [0.15, 0.2) is 0 Å². The van der Waals surface area contributed by atoms with Gasteiger partial charge in [0.25, 0.3) is 0 Å². The molecule has 3 aromatic rings. The van der Waals surface area contributed by atoms with Crippen molar-refractivity contribution in [1.29, 1.82) is 0 Å². The van der Waals surface area contributed by atoms with Crippen molar-refractivity contribution in [3.8, 4) is 5.75 Å². The van der Waals surface area contributed by atoms with Gasteiger partial charge in [0.05, 0.1) is 12.6 Å². The summed E-state index contributed by atoms with van der Waals surface area (Å²) >= 11 is 6.23. The van der Waals surface area contributed by atoms with E-state index in [0.717, 1.165) is 28.0 Å². The third kappa shape index (κ3) is 2.93. The maximum absolute atomic E-state index is 6.23. The minimum atomic E-state index is 0.564. The van der Waals surface area contributed by atoms with E-state index in [1.807, 2.05) is 48.5 Å². The quantitative estimate of drug-likeness (QED) is 0.769. The smallest absolute Gasteiger partial charge is 0.126 e. The Kier molecular flexibility index (Phi) is 3.93. The number of methoxy groups -OCH3 is 1. The van der Waals surface area contributed by atoms with Crippen molar-refractivity contribution >= 4 is 28.3 Å². The Morgan fingerprint density at radius 1 is 1.05 bits per heavy atom. The zero-order valence-electron chi connectivity index (χ0n) is 11.6. The molecule has 0 saturated carbocycles. The topological polar surface area (TPSA) is 34.1 Å². The van der Waals surface area contributed by atoms with Crippen molar-refractivity contribution in [1.82, 2.24) is 4.98 Å². The molecule has 0 atom stereocenters. The lowest BCUT2D eigenvalue weighted by atomic mass is 10.2. The van der Waals surface area contributed by atoms with E-state index in [1.54, 1.807) is 7.11 Å². The fourth-order valence-electron chi connectivity index (χ4n) is 2.25. The molecule has 2 aromatic carbocycles. The SMILES string of the molecule is COc1cccc(Cl)c1CNc1ccc2ccccc2n1. The van der Waals surface area contributed by atoms with Gasteiger partial charge < -0.3 is 10.1 Å². The van der Waals surface area contributed by atoms with E-state index < -0.39 is 0 Å². The summed E-state index contributed by atoms with van der Waals surface area (Å²) in [4.78, 5) is 4.58. The summed E-state index contributed by atoms with van der Waals surface area (Å²) < 4.78 is 5.34. The molecule has 0 spiro atoms. The second kappa shape index (κ2) is 6.02. The van der Waals surface area contributed by atoms with E-state index in [4.69, 9.17) is 16.3 Å². The Labute approximate surface area is 128 Å². The molecule has 0 aliphatic rings. The van der Waals surface area contributed by atoms with Gasteiger partial charge in [0.1, 0.15) is 11.6 Å². The molecule has 0 unspecified atom stereocenters. The summed E-state index contributed by atoms with van der Waals surface area (Å²) in [6.07, 6.45) is 0. The van der Waals surface area contributed by atoms with Crippen molar-refractivity contribution < 1.29 is 4.74 Å². The van der Waals surface area contributed by atoms with Crippen LogP contribution in [0.2, 0.25) is 5.02 Å².